The lowest BCUT2D eigenvalue weighted by molar-refractivity contribution is -0.172. The van der Waals surface area contributed by atoms with Gasteiger partial charge < -0.3 is 22.9 Å². The summed E-state index contributed by atoms with van der Waals surface area (Å²) in [6.45, 7) is 0. The van der Waals surface area contributed by atoms with Crippen molar-refractivity contribution >= 4 is 5.57 Å². The molecule has 0 amide bonds. The molecule has 1 aliphatic carbocycles. The van der Waals surface area contributed by atoms with Gasteiger partial charge in [-0.25, -0.2) is 0 Å². The summed E-state index contributed by atoms with van der Waals surface area (Å²) in [5.41, 5.74) is 14.8. The van der Waals surface area contributed by atoms with Gasteiger partial charge in [0.2, 0.25) is 0 Å². The van der Waals surface area contributed by atoms with Crippen LogP contribution in [0.2, 0.25) is 0 Å². The summed E-state index contributed by atoms with van der Waals surface area (Å²) >= 11 is 0. The molecular formula is C14H14F6N4. The number of allylic oxidation sites excluding steroid dienone is 1. The summed E-state index contributed by atoms with van der Waals surface area (Å²) in [5.74, 6) is 0. The van der Waals surface area contributed by atoms with Gasteiger partial charge >= 0.3 is 12.4 Å². The Morgan fingerprint density at radius 3 is 2.00 bits per heavy atom. The lowest BCUT2D eigenvalue weighted by Crippen LogP contribution is -2.68. The van der Waals surface area contributed by atoms with Gasteiger partial charge in [-0.05, 0) is 23.3 Å². The summed E-state index contributed by atoms with van der Waals surface area (Å²) in [6, 6.07) is 1.71. The molecule has 0 heterocycles. The molecule has 132 valence electrons. The van der Waals surface area contributed by atoms with Crippen LogP contribution >= 0.6 is 0 Å². The number of halogens is 6. The smallest absolute Gasteiger partial charge is 0.399 e. The van der Waals surface area contributed by atoms with Gasteiger partial charge in [-0.1, -0.05) is 18.2 Å². The highest BCUT2D eigenvalue weighted by molar-refractivity contribution is 5.81. The zero-order chi connectivity index (χ0) is 18.5. The van der Waals surface area contributed by atoms with Crippen molar-refractivity contribution in [3.63, 3.8) is 0 Å². The van der Waals surface area contributed by atoms with E-state index in [1.807, 2.05) is 0 Å². The second kappa shape index (κ2) is 5.42. The minimum Gasteiger partial charge on any atom is -0.399 e. The Balaban J connectivity index is 2.83. The third-order valence-electron chi connectivity index (χ3n) is 3.90. The normalized spacial score (nSPS) is 25.7. The van der Waals surface area contributed by atoms with Crippen molar-refractivity contribution in [2.45, 2.75) is 23.9 Å². The van der Waals surface area contributed by atoms with Crippen LogP contribution in [0.4, 0.5) is 26.3 Å². The molecule has 1 aromatic rings. The van der Waals surface area contributed by atoms with Crippen LogP contribution in [0.1, 0.15) is 11.1 Å². The SMILES string of the molecule is NC1=C(N)C(N)C(N)(C(F)(F)F)C(c2ccccc2C(F)(F)F)=C1. The fraction of sp³-hybridized carbons (Fsp3) is 0.286. The Bertz CT molecular complexity index is 719. The molecule has 0 fully saturated rings. The molecule has 2 unspecified atom stereocenters. The molecule has 0 aromatic heterocycles. The largest absolute Gasteiger partial charge is 0.416 e. The van der Waals surface area contributed by atoms with Gasteiger partial charge in [0.25, 0.3) is 0 Å². The molecule has 0 radical (unpaired) electrons. The van der Waals surface area contributed by atoms with Crippen molar-refractivity contribution in [2.75, 3.05) is 0 Å². The van der Waals surface area contributed by atoms with Crippen LogP contribution in [0, 0.1) is 0 Å². The third-order valence-corrected chi connectivity index (χ3v) is 3.90. The van der Waals surface area contributed by atoms with Crippen LogP contribution < -0.4 is 22.9 Å². The van der Waals surface area contributed by atoms with Gasteiger partial charge in [-0.2, -0.15) is 26.3 Å². The van der Waals surface area contributed by atoms with Gasteiger partial charge in [0.05, 0.1) is 23.0 Å². The summed E-state index contributed by atoms with van der Waals surface area (Å²) in [4.78, 5) is 0. The fourth-order valence-electron chi connectivity index (χ4n) is 2.55. The molecule has 1 aliphatic rings. The highest BCUT2D eigenvalue weighted by Gasteiger charge is 2.61. The Hall–Kier alpha value is -2.20. The van der Waals surface area contributed by atoms with E-state index < -0.39 is 46.3 Å². The molecule has 0 saturated heterocycles. The molecule has 2 rings (SSSR count). The minimum atomic E-state index is -5.16. The number of nitrogens with two attached hydrogens (primary N) is 4. The molecule has 8 N–H and O–H groups in total. The second-order valence-corrected chi connectivity index (χ2v) is 5.36. The number of alkyl halides is 6. The van der Waals surface area contributed by atoms with E-state index in [2.05, 4.69) is 0 Å². The fourth-order valence-corrected chi connectivity index (χ4v) is 2.55. The predicted molar refractivity (Wildman–Crippen MR) is 75.8 cm³/mol. The van der Waals surface area contributed by atoms with Crippen molar-refractivity contribution < 1.29 is 26.3 Å². The molecule has 2 atom stereocenters. The number of hydrogen-bond acceptors (Lipinski definition) is 4. The molecule has 24 heavy (non-hydrogen) atoms. The summed E-state index contributed by atoms with van der Waals surface area (Å²) in [7, 11) is 0. The second-order valence-electron chi connectivity index (χ2n) is 5.36. The first-order chi connectivity index (χ1) is 10.8. The maximum atomic E-state index is 13.6. The number of hydrogen-bond donors (Lipinski definition) is 4. The van der Waals surface area contributed by atoms with E-state index in [9.17, 15) is 26.3 Å². The maximum Gasteiger partial charge on any atom is 0.416 e. The molecule has 0 saturated carbocycles. The van der Waals surface area contributed by atoms with Crippen molar-refractivity contribution in [3.05, 3.63) is 52.9 Å². The molecule has 4 nitrogen and oxygen atoms in total. The van der Waals surface area contributed by atoms with Crippen molar-refractivity contribution in [1.82, 2.24) is 0 Å². The van der Waals surface area contributed by atoms with Crippen molar-refractivity contribution in [3.8, 4) is 0 Å². The maximum absolute atomic E-state index is 13.6. The third kappa shape index (κ3) is 2.61. The van der Waals surface area contributed by atoms with E-state index >= 15 is 0 Å². The van der Waals surface area contributed by atoms with E-state index in [0.29, 0.717) is 12.1 Å². The number of rotatable bonds is 1. The van der Waals surface area contributed by atoms with Crippen molar-refractivity contribution in [2.24, 2.45) is 22.9 Å². The summed E-state index contributed by atoms with van der Waals surface area (Å²) in [6.07, 6.45) is -9.37. The Kier molecular flexibility index (Phi) is 4.09. The summed E-state index contributed by atoms with van der Waals surface area (Å²) < 4.78 is 80.3. The van der Waals surface area contributed by atoms with E-state index in [1.165, 1.54) is 0 Å². The molecule has 0 spiro atoms. The summed E-state index contributed by atoms with van der Waals surface area (Å²) in [5, 5.41) is 0. The number of benzene rings is 1. The first-order valence-electron chi connectivity index (χ1n) is 6.57. The van der Waals surface area contributed by atoms with Gasteiger partial charge in [0.15, 0.2) is 5.54 Å². The highest BCUT2D eigenvalue weighted by atomic mass is 19.4. The monoisotopic (exact) mass is 352 g/mol. The van der Waals surface area contributed by atoms with Crippen LogP contribution in [-0.4, -0.2) is 17.8 Å². The van der Waals surface area contributed by atoms with Crippen LogP contribution in [0.3, 0.4) is 0 Å². The van der Waals surface area contributed by atoms with Crippen LogP contribution in [0.15, 0.2) is 41.7 Å². The molecule has 1 aromatic carbocycles. The minimum absolute atomic E-state index is 0.361. The average Bonchev–Trinajstić information content (AvgIpc) is 2.47. The Morgan fingerprint density at radius 1 is 0.958 bits per heavy atom. The van der Waals surface area contributed by atoms with Crippen LogP contribution in [0.5, 0.6) is 0 Å². The van der Waals surface area contributed by atoms with E-state index in [1.54, 1.807) is 0 Å². The molecule has 0 bridgehead atoms. The highest BCUT2D eigenvalue weighted by Crippen LogP contribution is 2.47. The van der Waals surface area contributed by atoms with Crippen LogP contribution in [0.25, 0.3) is 5.57 Å². The predicted octanol–water partition coefficient (Wildman–Crippen LogP) is 1.82. The molecule has 10 heteroatoms. The van der Waals surface area contributed by atoms with E-state index in [4.69, 9.17) is 22.9 Å². The lowest BCUT2D eigenvalue weighted by atomic mass is 9.73. The molecule has 0 aliphatic heterocycles. The van der Waals surface area contributed by atoms with Gasteiger partial charge in [-0.3, -0.25) is 0 Å². The van der Waals surface area contributed by atoms with E-state index in [0.717, 1.165) is 18.2 Å². The van der Waals surface area contributed by atoms with Crippen LogP contribution in [-0.2, 0) is 6.18 Å². The zero-order valence-electron chi connectivity index (χ0n) is 12.0. The van der Waals surface area contributed by atoms with Gasteiger partial charge in [0.1, 0.15) is 0 Å². The first kappa shape index (κ1) is 18.1. The van der Waals surface area contributed by atoms with Gasteiger partial charge in [0, 0.05) is 0 Å². The van der Waals surface area contributed by atoms with E-state index in [-0.39, 0.29) is 5.70 Å². The quantitative estimate of drug-likeness (QED) is 0.579. The average molecular weight is 352 g/mol. The topological polar surface area (TPSA) is 104 Å². The zero-order valence-corrected chi connectivity index (χ0v) is 12.0. The lowest BCUT2D eigenvalue weighted by Gasteiger charge is -2.42. The van der Waals surface area contributed by atoms with Crippen molar-refractivity contribution in [1.29, 1.82) is 0 Å². The first-order valence-corrected chi connectivity index (χ1v) is 6.57. The molecular weight excluding hydrogens is 338 g/mol. The Labute approximate surface area is 132 Å². The Morgan fingerprint density at radius 2 is 1.50 bits per heavy atom. The standard InChI is InChI=1S/C14H14F6N4/c15-13(16,17)7-4-2-1-3-6(7)8-5-9(21)10(22)11(23)12(8,24)14(18,19)20/h1-5,11H,21-24H2. The van der Waals surface area contributed by atoms with Gasteiger partial charge in [-0.15, -0.1) is 0 Å².